The number of nitrogens with two attached hydrogens (primary N) is 1. The van der Waals surface area contributed by atoms with Gasteiger partial charge in [-0.1, -0.05) is 38.1 Å². The van der Waals surface area contributed by atoms with E-state index in [1.54, 1.807) is 20.8 Å². The van der Waals surface area contributed by atoms with Gasteiger partial charge in [-0.05, 0) is 112 Å². The van der Waals surface area contributed by atoms with E-state index >= 15 is 0 Å². The number of rotatable bonds is 11. The number of fused-ring (bicyclic) bond motifs is 2. The molecule has 310 valence electrons. The number of carbonyl (C=O) groups is 3. The molecule has 0 aliphatic heterocycles. The molecule has 58 heavy (non-hydrogen) atoms. The maximum Gasteiger partial charge on any atom is 0.461 e. The molecule has 1 atom stereocenters. The van der Waals surface area contributed by atoms with Gasteiger partial charge >= 0.3 is 18.2 Å². The summed E-state index contributed by atoms with van der Waals surface area (Å²) in [4.78, 5) is 55.0. The van der Waals surface area contributed by atoms with E-state index < -0.39 is 53.4 Å². The van der Waals surface area contributed by atoms with Gasteiger partial charge in [-0.3, -0.25) is 14.5 Å². The number of imidazole rings is 2. The fraction of sp³-hybridized carbons (Fsp3) is 0.452. The molecule has 5 aromatic rings. The van der Waals surface area contributed by atoms with E-state index in [1.807, 2.05) is 43.3 Å². The van der Waals surface area contributed by atoms with Crippen molar-refractivity contribution in [3.8, 4) is 11.1 Å². The lowest BCUT2D eigenvalue weighted by Gasteiger charge is -2.36. The first kappa shape index (κ1) is 42.1. The fourth-order valence-corrected chi connectivity index (χ4v) is 7.38. The summed E-state index contributed by atoms with van der Waals surface area (Å²) < 4.78 is 73.6. The predicted octanol–water partition coefficient (Wildman–Crippen LogP) is 8.95. The van der Waals surface area contributed by atoms with Crippen LogP contribution < -0.4 is 16.0 Å². The maximum atomic E-state index is 14.5. The van der Waals surface area contributed by atoms with Crippen LogP contribution in [0.1, 0.15) is 89.0 Å². The van der Waals surface area contributed by atoms with Crippen molar-refractivity contribution < 1.29 is 41.1 Å². The van der Waals surface area contributed by atoms with Gasteiger partial charge in [0, 0.05) is 30.5 Å². The van der Waals surface area contributed by atoms with Crippen LogP contribution in [0.5, 0.6) is 0 Å². The molecule has 5 N–H and O–H groups in total. The van der Waals surface area contributed by atoms with Crippen LogP contribution in [0.25, 0.3) is 33.2 Å². The third-order valence-corrected chi connectivity index (χ3v) is 10.5. The molecule has 2 heterocycles. The van der Waals surface area contributed by atoms with Crippen LogP contribution in [0.4, 0.5) is 32.4 Å². The number of alkyl halides is 5. The van der Waals surface area contributed by atoms with E-state index in [9.17, 15) is 36.3 Å². The van der Waals surface area contributed by atoms with Gasteiger partial charge in [0.15, 0.2) is 5.82 Å². The number of carbonyl (C=O) groups excluding carboxylic acids is 3. The molecule has 6 rings (SSSR count). The highest BCUT2D eigenvalue weighted by atomic mass is 19.4. The van der Waals surface area contributed by atoms with Crippen molar-refractivity contribution in [1.29, 1.82) is 0 Å². The number of hydrogen-bond donors (Lipinski definition) is 4. The summed E-state index contributed by atoms with van der Waals surface area (Å²) in [6.45, 7) is 11.7. The number of nitrogens with one attached hydrogen (secondary N) is 3. The van der Waals surface area contributed by atoms with Crippen molar-refractivity contribution in [2.24, 2.45) is 17.6 Å². The first-order valence-corrected chi connectivity index (χ1v) is 19.2. The molecule has 2 aromatic heterocycles. The van der Waals surface area contributed by atoms with Crippen molar-refractivity contribution in [2.45, 2.75) is 103 Å². The smallest absolute Gasteiger partial charge is 0.444 e. The van der Waals surface area contributed by atoms with Gasteiger partial charge in [0.1, 0.15) is 17.5 Å². The number of aromatic amines is 2. The molecule has 1 aliphatic carbocycles. The van der Waals surface area contributed by atoms with Crippen molar-refractivity contribution in [3.63, 3.8) is 0 Å². The van der Waals surface area contributed by atoms with E-state index in [0.717, 1.165) is 33.5 Å². The van der Waals surface area contributed by atoms with Gasteiger partial charge in [-0.25, -0.2) is 14.8 Å². The number of H-pyrrole nitrogens is 2. The Morgan fingerprint density at radius 2 is 1.55 bits per heavy atom. The van der Waals surface area contributed by atoms with E-state index in [4.69, 9.17) is 15.5 Å². The van der Waals surface area contributed by atoms with Gasteiger partial charge in [0.25, 0.3) is 0 Å². The van der Waals surface area contributed by atoms with Crippen LogP contribution in [0, 0.1) is 18.8 Å². The van der Waals surface area contributed by atoms with Crippen LogP contribution in [-0.2, 0) is 26.7 Å². The largest absolute Gasteiger partial charge is 0.461 e. The summed E-state index contributed by atoms with van der Waals surface area (Å²) in [6.07, 6.45) is -4.52. The molecule has 1 aliphatic rings. The third-order valence-electron chi connectivity index (χ3n) is 10.5. The maximum absolute atomic E-state index is 14.5. The average molecular weight is 810 g/mol. The lowest BCUT2D eigenvalue weighted by atomic mass is 9.81. The predicted molar refractivity (Wildman–Crippen MR) is 210 cm³/mol. The molecule has 0 spiro atoms. The normalized spacial score (nSPS) is 17.1. The Hall–Kier alpha value is -5.54. The minimum absolute atomic E-state index is 0.0238. The molecule has 1 fully saturated rings. The number of aryl methyl sites for hydroxylation is 1. The van der Waals surface area contributed by atoms with Crippen molar-refractivity contribution in [1.82, 2.24) is 25.3 Å². The quantitative estimate of drug-likeness (QED) is 0.0976. The number of halogens is 5. The van der Waals surface area contributed by atoms with Crippen molar-refractivity contribution in [2.75, 3.05) is 11.4 Å². The monoisotopic (exact) mass is 809 g/mol. The van der Waals surface area contributed by atoms with E-state index in [2.05, 4.69) is 34.1 Å². The molecule has 0 unspecified atom stereocenters. The van der Waals surface area contributed by atoms with E-state index in [0.29, 0.717) is 37.8 Å². The van der Waals surface area contributed by atoms with Gasteiger partial charge in [0.05, 0.1) is 22.1 Å². The highest BCUT2D eigenvalue weighted by molar-refractivity contribution is 6.03. The lowest BCUT2D eigenvalue weighted by molar-refractivity contribution is -0.292. The van der Waals surface area contributed by atoms with Crippen LogP contribution in [0.15, 0.2) is 54.6 Å². The molecule has 3 amide bonds. The average Bonchev–Trinajstić information content (AvgIpc) is 3.77. The van der Waals surface area contributed by atoms with Crippen LogP contribution >= 0.6 is 0 Å². The molecule has 3 aromatic carbocycles. The summed E-state index contributed by atoms with van der Waals surface area (Å²) in [5, 5.41) is 2.78. The first-order valence-electron chi connectivity index (χ1n) is 19.2. The molecule has 11 nitrogen and oxygen atoms in total. The zero-order valence-electron chi connectivity index (χ0n) is 33.2. The van der Waals surface area contributed by atoms with E-state index in [1.165, 1.54) is 23.1 Å². The highest BCUT2D eigenvalue weighted by Gasteiger charge is 2.61. The van der Waals surface area contributed by atoms with Crippen molar-refractivity contribution >= 4 is 45.7 Å². The molecule has 0 bridgehead atoms. The molecular weight excluding hydrogens is 761 g/mol. The van der Waals surface area contributed by atoms with Gasteiger partial charge in [-0.15, -0.1) is 0 Å². The van der Waals surface area contributed by atoms with Gasteiger partial charge in [0.2, 0.25) is 11.8 Å². The van der Waals surface area contributed by atoms with Crippen LogP contribution in [0.3, 0.4) is 0 Å². The highest BCUT2D eigenvalue weighted by Crippen LogP contribution is 2.43. The third kappa shape index (κ3) is 9.10. The number of amides is 3. The summed E-state index contributed by atoms with van der Waals surface area (Å²) in [6, 6.07) is 14.0. The molecule has 0 saturated heterocycles. The molecule has 1 saturated carbocycles. The number of nitrogens with zero attached hydrogens (tertiary/aromatic N) is 3. The summed E-state index contributed by atoms with van der Waals surface area (Å²) in [7, 11) is 0. The number of primary amides is 1. The minimum atomic E-state index is -5.90. The molecule has 16 heteroatoms. The second-order valence-corrected chi connectivity index (χ2v) is 16.4. The lowest BCUT2D eigenvalue weighted by Crippen LogP contribution is -2.52. The Morgan fingerprint density at radius 1 is 0.897 bits per heavy atom. The number of benzene rings is 3. The Balaban J connectivity index is 1.29. The summed E-state index contributed by atoms with van der Waals surface area (Å²) in [5.41, 5.74) is 10.3. The van der Waals surface area contributed by atoms with E-state index in [-0.39, 0.29) is 35.0 Å². The second kappa shape index (κ2) is 16.0. The number of hydrogen-bond acceptors (Lipinski definition) is 6. The number of alkyl carbamates (subject to hydrolysis) is 1. The zero-order valence-corrected chi connectivity index (χ0v) is 33.2. The number of ether oxygens (including phenoxy) is 1. The fourth-order valence-electron chi connectivity index (χ4n) is 7.38. The Kier molecular flexibility index (Phi) is 11.6. The first-order chi connectivity index (χ1) is 27.1. The van der Waals surface area contributed by atoms with Crippen molar-refractivity contribution in [3.05, 3.63) is 77.4 Å². The summed E-state index contributed by atoms with van der Waals surface area (Å²) in [5.74, 6) is -7.59. The Labute approximate surface area is 332 Å². The summed E-state index contributed by atoms with van der Waals surface area (Å²) >= 11 is 0. The van der Waals surface area contributed by atoms with Crippen LogP contribution in [0.2, 0.25) is 0 Å². The zero-order chi connectivity index (χ0) is 42.3. The molecule has 0 radical (unpaired) electrons. The second-order valence-electron chi connectivity index (χ2n) is 16.4. The van der Waals surface area contributed by atoms with Gasteiger partial charge in [-0.2, -0.15) is 22.0 Å². The topological polar surface area (TPSA) is 159 Å². The number of aromatic nitrogens is 4. The minimum Gasteiger partial charge on any atom is -0.444 e. The Morgan fingerprint density at radius 3 is 2.16 bits per heavy atom. The molecular formula is C42H48F5N7O4. The standard InChI is InChI=1S/C42H48F5N7O4/c1-22(2)36-50-31-17-23(3)29(20-33(31)51-36)26-11-7-24(8-12-26)18-34(35(48)55)54(28-15-16-30-32(19-28)53-38(52-30)41(43,44)42(45,46)47)37(56)27-13-9-25(10-14-27)21-49-39(57)58-40(4,5)6/h7-8,11-12,15-17,19-20,22,25,27,34H,9-10,13-14,18,21H2,1-6H3,(H2,48,55)(H,49,57)(H,50,51)(H,52,53)/t25-,27-,34-/m0/s1. The van der Waals surface area contributed by atoms with Crippen LogP contribution in [-0.4, -0.2) is 62.2 Å². The Bertz CT molecular complexity index is 2300. The number of anilines is 1. The SMILES string of the molecule is Cc1cc2[nH]c(C(C)C)nc2cc1-c1ccc(C[C@@H](C(N)=O)N(c2ccc3nc(C(F)(F)C(F)(F)F)[nH]c3c2)C(=O)[C@H]2CC[C@H](CNC(=O)OC(C)(C)C)CC2)cc1. The van der Waals surface area contributed by atoms with Gasteiger partial charge < -0.3 is 25.8 Å².